The minimum Gasteiger partial charge on any atom is -0.354 e. The van der Waals surface area contributed by atoms with Crippen molar-refractivity contribution in [2.24, 2.45) is 5.73 Å². The Balaban J connectivity index is 2.03. The zero-order valence-corrected chi connectivity index (χ0v) is 9.87. The molecule has 1 amide bonds. The summed E-state index contributed by atoms with van der Waals surface area (Å²) in [6.45, 7) is 2.19. The Morgan fingerprint density at radius 1 is 1.59 bits per heavy atom. The zero-order valence-electron chi connectivity index (χ0n) is 9.87. The van der Waals surface area contributed by atoms with Gasteiger partial charge in [-0.2, -0.15) is 0 Å². The van der Waals surface area contributed by atoms with Gasteiger partial charge in [-0.25, -0.2) is 4.39 Å². The van der Waals surface area contributed by atoms with Gasteiger partial charge in [0.25, 0.3) is 0 Å². The fraction of sp³-hybridized carbons (Fsp3) is 0.462. The molecule has 0 saturated heterocycles. The second-order valence-corrected chi connectivity index (χ2v) is 4.80. The van der Waals surface area contributed by atoms with Crippen LogP contribution < -0.4 is 11.1 Å². The van der Waals surface area contributed by atoms with Gasteiger partial charge < -0.3 is 11.1 Å². The summed E-state index contributed by atoms with van der Waals surface area (Å²) in [7, 11) is 0. The van der Waals surface area contributed by atoms with Crippen molar-refractivity contribution >= 4 is 5.91 Å². The maximum absolute atomic E-state index is 13.1. The van der Waals surface area contributed by atoms with Crippen LogP contribution in [0.3, 0.4) is 0 Å². The topological polar surface area (TPSA) is 55.1 Å². The first-order valence-electron chi connectivity index (χ1n) is 5.83. The highest BCUT2D eigenvalue weighted by molar-refractivity contribution is 5.81. The first-order valence-corrected chi connectivity index (χ1v) is 5.83. The molecule has 0 radical (unpaired) electrons. The van der Waals surface area contributed by atoms with Crippen LogP contribution in [0.4, 0.5) is 4.39 Å². The van der Waals surface area contributed by atoms with Gasteiger partial charge in [0.1, 0.15) is 5.82 Å². The van der Waals surface area contributed by atoms with Crippen LogP contribution in [0.25, 0.3) is 0 Å². The zero-order chi connectivity index (χ0) is 12.5. The standard InChI is InChI=1S/C13H17FN2O/c1-9(15)12(17)16-8-13(5-6-13)10-3-2-4-11(14)7-10/h2-4,7,9H,5-6,8,15H2,1H3,(H,16,17)/t9-/m1/s1. The maximum Gasteiger partial charge on any atom is 0.236 e. The van der Waals surface area contributed by atoms with Gasteiger partial charge in [0.2, 0.25) is 5.91 Å². The van der Waals surface area contributed by atoms with Crippen molar-refractivity contribution in [2.45, 2.75) is 31.2 Å². The van der Waals surface area contributed by atoms with E-state index in [0.29, 0.717) is 6.54 Å². The third-order valence-corrected chi connectivity index (χ3v) is 3.31. The van der Waals surface area contributed by atoms with Gasteiger partial charge in [-0.3, -0.25) is 4.79 Å². The van der Waals surface area contributed by atoms with Crippen LogP contribution >= 0.6 is 0 Å². The molecule has 3 nitrogen and oxygen atoms in total. The highest BCUT2D eigenvalue weighted by Crippen LogP contribution is 2.47. The van der Waals surface area contributed by atoms with Crippen LogP contribution in [-0.2, 0) is 10.2 Å². The number of nitrogens with one attached hydrogen (secondary N) is 1. The predicted octanol–water partition coefficient (Wildman–Crippen LogP) is 1.32. The second kappa shape index (κ2) is 4.45. The van der Waals surface area contributed by atoms with Crippen LogP contribution in [0.5, 0.6) is 0 Å². The number of hydrogen-bond donors (Lipinski definition) is 2. The van der Waals surface area contributed by atoms with Gasteiger partial charge in [-0.1, -0.05) is 12.1 Å². The predicted molar refractivity (Wildman–Crippen MR) is 64.0 cm³/mol. The van der Waals surface area contributed by atoms with E-state index in [0.717, 1.165) is 18.4 Å². The normalized spacial score (nSPS) is 18.5. The van der Waals surface area contributed by atoms with Gasteiger partial charge in [0.05, 0.1) is 6.04 Å². The molecule has 0 spiro atoms. The van der Waals surface area contributed by atoms with Crippen molar-refractivity contribution in [3.8, 4) is 0 Å². The molecule has 1 aliphatic carbocycles. The average Bonchev–Trinajstić information content (AvgIpc) is 3.07. The largest absolute Gasteiger partial charge is 0.354 e. The Hall–Kier alpha value is -1.42. The Morgan fingerprint density at radius 3 is 2.82 bits per heavy atom. The molecule has 0 aromatic heterocycles. The quantitative estimate of drug-likeness (QED) is 0.828. The number of halogens is 1. The minimum absolute atomic E-state index is 0.0767. The van der Waals surface area contributed by atoms with E-state index in [4.69, 9.17) is 5.73 Å². The van der Waals surface area contributed by atoms with Crippen LogP contribution in [0, 0.1) is 5.82 Å². The summed E-state index contributed by atoms with van der Waals surface area (Å²) in [4.78, 5) is 11.4. The Bertz CT molecular complexity index is 427. The summed E-state index contributed by atoms with van der Waals surface area (Å²) in [5.41, 5.74) is 6.36. The molecule has 92 valence electrons. The Kier molecular flexibility index (Phi) is 3.15. The maximum atomic E-state index is 13.1. The summed E-state index contributed by atoms with van der Waals surface area (Å²) in [5.74, 6) is -0.389. The third kappa shape index (κ3) is 2.64. The Labute approximate surface area is 100 Å². The molecule has 3 N–H and O–H groups in total. The lowest BCUT2D eigenvalue weighted by Gasteiger charge is -2.17. The molecule has 1 atom stereocenters. The second-order valence-electron chi connectivity index (χ2n) is 4.80. The summed E-state index contributed by atoms with van der Waals surface area (Å²) in [6.07, 6.45) is 1.96. The molecule has 1 aromatic carbocycles. The number of benzene rings is 1. The molecule has 0 bridgehead atoms. The molecular formula is C13H17FN2O. The van der Waals surface area contributed by atoms with Crippen molar-refractivity contribution in [3.05, 3.63) is 35.6 Å². The summed E-state index contributed by atoms with van der Waals surface area (Å²) < 4.78 is 13.1. The minimum atomic E-state index is -0.502. The van der Waals surface area contributed by atoms with Gasteiger partial charge >= 0.3 is 0 Å². The first-order chi connectivity index (χ1) is 8.03. The molecule has 1 fully saturated rings. The molecular weight excluding hydrogens is 219 g/mol. The van der Waals surface area contributed by atoms with Crippen molar-refractivity contribution in [3.63, 3.8) is 0 Å². The van der Waals surface area contributed by atoms with Gasteiger partial charge in [0, 0.05) is 12.0 Å². The molecule has 2 rings (SSSR count). The summed E-state index contributed by atoms with van der Waals surface area (Å²) >= 11 is 0. The highest BCUT2D eigenvalue weighted by Gasteiger charge is 2.44. The SMILES string of the molecule is C[C@@H](N)C(=O)NCC1(c2cccc(F)c2)CC1. The first kappa shape index (κ1) is 12.0. The number of hydrogen-bond acceptors (Lipinski definition) is 2. The van der Waals surface area contributed by atoms with Crippen LogP contribution in [0.15, 0.2) is 24.3 Å². The number of carbonyl (C=O) groups excluding carboxylic acids is 1. The molecule has 1 aliphatic rings. The molecule has 0 heterocycles. The number of carbonyl (C=O) groups is 1. The van der Waals surface area contributed by atoms with Crippen LogP contribution in [-0.4, -0.2) is 18.5 Å². The van der Waals surface area contributed by atoms with E-state index in [2.05, 4.69) is 5.32 Å². The fourth-order valence-electron chi connectivity index (χ4n) is 1.95. The lowest BCUT2D eigenvalue weighted by molar-refractivity contribution is -0.122. The number of amides is 1. The van der Waals surface area contributed by atoms with Crippen LogP contribution in [0.2, 0.25) is 0 Å². The van der Waals surface area contributed by atoms with E-state index in [-0.39, 0.29) is 17.1 Å². The lowest BCUT2D eigenvalue weighted by Crippen LogP contribution is -2.41. The molecule has 1 saturated carbocycles. The van der Waals surface area contributed by atoms with E-state index >= 15 is 0 Å². The van der Waals surface area contributed by atoms with E-state index in [1.54, 1.807) is 19.1 Å². The van der Waals surface area contributed by atoms with E-state index in [1.807, 2.05) is 6.07 Å². The van der Waals surface area contributed by atoms with Gasteiger partial charge in [-0.05, 0) is 37.5 Å². The molecule has 17 heavy (non-hydrogen) atoms. The van der Waals surface area contributed by atoms with Crippen molar-refractivity contribution in [1.82, 2.24) is 5.32 Å². The molecule has 4 heteroatoms. The molecule has 0 aliphatic heterocycles. The lowest BCUT2D eigenvalue weighted by atomic mass is 9.96. The van der Waals surface area contributed by atoms with E-state index in [9.17, 15) is 9.18 Å². The summed E-state index contributed by atoms with van der Waals surface area (Å²) in [5, 5.41) is 2.82. The average molecular weight is 236 g/mol. The summed E-state index contributed by atoms with van der Waals surface area (Å²) in [6, 6.07) is 6.09. The van der Waals surface area contributed by atoms with Crippen molar-refractivity contribution in [2.75, 3.05) is 6.54 Å². The highest BCUT2D eigenvalue weighted by atomic mass is 19.1. The van der Waals surface area contributed by atoms with Gasteiger partial charge in [0.15, 0.2) is 0 Å². The third-order valence-electron chi connectivity index (χ3n) is 3.31. The van der Waals surface area contributed by atoms with Crippen molar-refractivity contribution in [1.29, 1.82) is 0 Å². The smallest absolute Gasteiger partial charge is 0.236 e. The van der Waals surface area contributed by atoms with Crippen molar-refractivity contribution < 1.29 is 9.18 Å². The molecule has 1 aromatic rings. The monoisotopic (exact) mass is 236 g/mol. The molecule has 0 unspecified atom stereocenters. The van der Waals surface area contributed by atoms with Crippen LogP contribution in [0.1, 0.15) is 25.3 Å². The van der Waals surface area contributed by atoms with E-state index in [1.165, 1.54) is 6.07 Å². The number of rotatable bonds is 4. The Morgan fingerprint density at radius 2 is 2.29 bits per heavy atom. The van der Waals surface area contributed by atoms with E-state index < -0.39 is 6.04 Å². The number of nitrogens with two attached hydrogens (primary N) is 1. The fourth-order valence-corrected chi connectivity index (χ4v) is 1.95. The van der Waals surface area contributed by atoms with Gasteiger partial charge in [-0.15, -0.1) is 0 Å².